The van der Waals surface area contributed by atoms with Crippen LogP contribution in [-0.4, -0.2) is 120 Å². The van der Waals surface area contributed by atoms with Gasteiger partial charge in [-0.25, -0.2) is 8.78 Å². The molecule has 0 radical (unpaired) electrons. The molecule has 18 heteroatoms. The van der Waals surface area contributed by atoms with E-state index in [1.54, 1.807) is 49.2 Å². The van der Waals surface area contributed by atoms with Gasteiger partial charge < -0.3 is 14.7 Å². The summed E-state index contributed by atoms with van der Waals surface area (Å²) in [5.74, 6) is -0.969. The van der Waals surface area contributed by atoms with Crippen molar-refractivity contribution in [1.82, 2.24) is 44.5 Å². The molecule has 1 N–H and O–H groups in total. The highest BCUT2D eigenvalue weighted by Crippen LogP contribution is 2.44. The summed E-state index contributed by atoms with van der Waals surface area (Å²) in [6.07, 6.45) is 5.62. The van der Waals surface area contributed by atoms with E-state index in [-0.39, 0.29) is 41.8 Å². The third-order valence-electron chi connectivity index (χ3n) is 14.3. The molecule has 0 aliphatic carbocycles. The first-order valence-electron chi connectivity index (χ1n) is 22.7. The number of hydrogen-bond acceptors (Lipinski definition) is 10. The van der Waals surface area contributed by atoms with Gasteiger partial charge in [-0.05, 0) is 79.3 Å². The van der Waals surface area contributed by atoms with Gasteiger partial charge in [0.1, 0.15) is 6.04 Å². The van der Waals surface area contributed by atoms with Gasteiger partial charge in [0.25, 0.3) is 18.2 Å². The van der Waals surface area contributed by atoms with Crippen LogP contribution in [0.5, 0.6) is 0 Å². The summed E-state index contributed by atoms with van der Waals surface area (Å²) < 4.78 is 33.2. The first kappa shape index (κ1) is 42.6. The lowest BCUT2D eigenvalue weighted by molar-refractivity contribution is -0.136. The molecule has 3 fully saturated rings. The molecular weight excluding hydrogens is 839 g/mol. The van der Waals surface area contributed by atoms with Crippen LogP contribution in [-0.2, 0) is 52.2 Å². The van der Waals surface area contributed by atoms with Crippen LogP contribution in [0.3, 0.4) is 0 Å². The Morgan fingerprint density at radius 2 is 1.72 bits per heavy atom. The molecule has 8 heterocycles. The van der Waals surface area contributed by atoms with Crippen molar-refractivity contribution in [2.45, 2.75) is 96.3 Å². The number of hydrogen-bond donors (Lipinski definition) is 1. The van der Waals surface area contributed by atoms with E-state index in [9.17, 15) is 37.5 Å². The molecule has 3 saturated heterocycles. The number of imide groups is 2. The van der Waals surface area contributed by atoms with Gasteiger partial charge >= 0.3 is 0 Å². The lowest BCUT2D eigenvalue weighted by Crippen LogP contribution is -2.54. The van der Waals surface area contributed by atoms with Gasteiger partial charge in [-0.2, -0.15) is 10.2 Å². The predicted molar refractivity (Wildman–Crippen MR) is 232 cm³/mol. The Morgan fingerprint density at radius 1 is 0.923 bits per heavy atom. The Bertz CT molecular complexity index is 2630. The zero-order valence-electron chi connectivity index (χ0n) is 36.6. The van der Waals surface area contributed by atoms with Crippen molar-refractivity contribution in [3.05, 3.63) is 81.8 Å². The van der Waals surface area contributed by atoms with Crippen molar-refractivity contribution in [3.63, 3.8) is 0 Å². The molecule has 0 spiro atoms. The lowest BCUT2D eigenvalue weighted by Gasteiger charge is -2.40. The molecule has 0 bridgehead atoms. The van der Waals surface area contributed by atoms with E-state index < -0.39 is 36.1 Å². The van der Waals surface area contributed by atoms with Crippen molar-refractivity contribution in [3.8, 4) is 11.1 Å². The summed E-state index contributed by atoms with van der Waals surface area (Å²) in [6, 6.07) is 7.69. The first-order chi connectivity index (χ1) is 31.3. The summed E-state index contributed by atoms with van der Waals surface area (Å²) in [5.41, 5.74) is 6.07. The van der Waals surface area contributed by atoms with Crippen LogP contribution in [0.15, 0.2) is 42.7 Å². The van der Waals surface area contributed by atoms with Crippen molar-refractivity contribution < 1.29 is 37.5 Å². The Kier molecular flexibility index (Phi) is 11.1. The number of carbonyl (C=O) groups excluding carboxylic acids is 6. The van der Waals surface area contributed by atoms with Gasteiger partial charge in [-0.15, -0.1) is 0 Å². The first-order valence-corrected chi connectivity index (χ1v) is 22.7. The van der Waals surface area contributed by atoms with Gasteiger partial charge in [0.15, 0.2) is 5.82 Å². The summed E-state index contributed by atoms with van der Waals surface area (Å²) in [7, 11) is 1.77. The fourth-order valence-electron chi connectivity index (χ4n) is 10.9. The Morgan fingerprint density at radius 3 is 2.45 bits per heavy atom. The van der Waals surface area contributed by atoms with Crippen LogP contribution in [0, 0.1) is 5.92 Å². The van der Waals surface area contributed by atoms with Crippen LogP contribution in [0.1, 0.15) is 113 Å². The van der Waals surface area contributed by atoms with E-state index in [1.807, 2.05) is 21.9 Å². The number of nitrogens with one attached hydrogen (secondary N) is 1. The van der Waals surface area contributed by atoms with E-state index in [4.69, 9.17) is 5.10 Å². The summed E-state index contributed by atoms with van der Waals surface area (Å²) in [5, 5.41) is 11.7. The number of halogens is 2. The van der Waals surface area contributed by atoms with E-state index in [2.05, 4.69) is 24.9 Å². The Hall–Kier alpha value is -6.30. The predicted octanol–water partition coefficient (Wildman–Crippen LogP) is 4.69. The number of amides is 6. The highest BCUT2D eigenvalue weighted by Gasteiger charge is 2.46. The smallest absolute Gasteiger partial charge is 0.264 e. The number of nitrogens with zero attached hydrogens (tertiary/aromatic N) is 9. The molecule has 4 aromatic rings. The number of benzene rings is 2. The van der Waals surface area contributed by atoms with E-state index in [1.165, 1.54) is 0 Å². The highest BCUT2D eigenvalue weighted by atomic mass is 19.3. The zero-order valence-corrected chi connectivity index (χ0v) is 36.6. The minimum absolute atomic E-state index is 0.0236. The molecule has 2 aromatic heterocycles. The van der Waals surface area contributed by atoms with Crippen LogP contribution in [0.4, 0.5) is 20.3 Å². The number of piperidine rings is 2. The Balaban J connectivity index is 0.773. The second-order valence-corrected chi connectivity index (χ2v) is 18.4. The Labute approximate surface area is 374 Å². The van der Waals surface area contributed by atoms with Crippen molar-refractivity contribution in [2.75, 3.05) is 44.2 Å². The number of anilines is 2. The highest BCUT2D eigenvalue weighted by molar-refractivity contribution is 6.24. The maximum absolute atomic E-state index is 14.7. The zero-order chi connectivity index (χ0) is 45.3. The van der Waals surface area contributed by atoms with Crippen LogP contribution in [0.2, 0.25) is 0 Å². The topological polar surface area (TPSA) is 166 Å². The molecule has 1 unspecified atom stereocenters. The third kappa shape index (κ3) is 7.78. The second kappa shape index (κ2) is 16.9. The van der Waals surface area contributed by atoms with Crippen LogP contribution < -0.4 is 10.2 Å². The van der Waals surface area contributed by atoms with E-state index in [0.29, 0.717) is 86.1 Å². The summed E-state index contributed by atoms with van der Waals surface area (Å²) in [4.78, 5) is 86.3. The van der Waals surface area contributed by atoms with Crippen molar-refractivity contribution >= 4 is 46.9 Å². The molecule has 2 aromatic carbocycles. The number of aromatic nitrogens is 4. The van der Waals surface area contributed by atoms with Gasteiger partial charge in [-0.1, -0.05) is 12.1 Å². The van der Waals surface area contributed by atoms with Gasteiger partial charge in [0.2, 0.25) is 23.6 Å². The molecule has 6 aliphatic heterocycles. The molecule has 6 amide bonds. The lowest BCUT2D eigenvalue weighted by atomic mass is 9.92. The van der Waals surface area contributed by atoms with E-state index >= 15 is 0 Å². The van der Waals surface area contributed by atoms with E-state index in [0.717, 1.165) is 72.6 Å². The average Bonchev–Trinajstić information content (AvgIpc) is 3.96. The summed E-state index contributed by atoms with van der Waals surface area (Å²) >= 11 is 0. The standard InChI is InChI=1S/C47H52F2N10O6/c1-27(60)56-18-14-37-36(26-56)44(57-15-4-6-29-19-34(31-21-50-53(2)24-31)35(43(48)49)20-39(29)57)52-59(37)32-12-16-55(17-13-32)41(62)11-8-28-22-54(23-28)25-30-5-3-7-33-42(30)47(65)58(46(33)64)38-9-10-40(61)51-45(38)63/h3,5,7,19-21,24,28,32,38,43H,4,6,8-18,22-23,25-26H2,1-2H3,(H,51,61,63). The van der Waals surface area contributed by atoms with Crippen molar-refractivity contribution in [1.29, 1.82) is 0 Å². The second-order valence-electron chi connectivity index (χ2n) is 18.4. The SMILES string of the molecule is CC(=O)N1CCc2c(c(N3CCCc4cc(-c5cnn(C)c5)c(C(F)F)cc43)nn2C2CCN(C(=O)CCC3CN(Cc4cccc5c4C(=O)N(C4CCC(=O)NC4=O)C5=O)C3)CC2)C1. The summed E-state index contributed by atoms with van der Waals surface area (Å²) in [6.45, 7) is 6.29. The van der Waals surface area contributed by atoms with Crippen LogP contribution >= 0.6 is 0 Å². The molecule has 10 rings (SSSR count). The van der Waals surface area contributed by atoms with Gasteiger partial charge in [-0.3, -0.25) is 53.2 Å². The normalized spacial score (nSPS) is 20.6. The largest absolute Gasteiger partial charge is 0.343 e. The fraction of sp³-hybridized carbons (Fsp3) is 0.489. The molecule has 1 atom stereocenters. The van der Waals surface area contributed by atoms with Crippen LogP contribution in [0.25, 0.3) is 11.1 Å². The number of carbonyl (C=O) groups is 6. The molecule has 0 saturated carbocycles. The maximum atomic E-state index is 14.7. The quantitative estimate of drug-likeness (QED) is 0.221. The molecule has 340 valence electrons. The number of fused-ring (bicyclic) bond motifs is 3. The van der Waals surface area contributed by atoms with Gasteiger partial charge in [0, 0.05) is 113 Å². The van der Waals surface area contributed by atoms with Gasteiger partial charge in [0.05, 0.1) is 29.9 Å². The number of rotatable bonds is 10. The molecule has 16 nitrogen and oxygen atoms in total. The number of likely N-dealkylation sites (tertiary alicyclic amines) is 2. The minimum atomic E-state index is -2.69. The minimum Gasteiger partial charge on any atom is -0.343 e. The molecular formula is C47H52F2N10O6. The van der Waals surface area contributed by atoms with Crippen molar-refractivity contribution in [2.24, 2.45) is 13.0 Å². The fourth-order valence-corrected chi connectivity index (χ4v) is 10.9. The monoisotopic (exact) mass is 890 g/mol. The molecule has 6 aliphatic rings. The maximum Gasteiger partial charge on any atom is 0.264 e. The molecule has 65 heavy (non-hydrogen) atoms. The average molecular weight is 891 g/mol. The number of aryl methyl sites for hydroxylation is 2. The third-order valence-corrected chi connectivity index (χ3v) is 14.3. The number of alkyl halides is 2.